The van der Waals surface area contributed by atoms with Crippen molar-refractivity contribution in [1.82, 2.24) is 15.1 Å². The maximum Gasteiger partial charge on any atom is 0.0604 e. The molecule has 0 radical (unpaired) electrons. The Morgan fingerprint density at radius 2 is 2.06 bits per heavy atom. The van der Waals surface area contributed by atoms with E-state index in [0.717, 1.165) is 19.5 Å². The molecule has 0 amide bonds. The van der Waals surface area contributed by atoms with Crippen LogP contribution in [-0.4, -0.2) is 16.3 Å². The molecule has 1 heterocycles. The molecule has 1 N–H and O–H groups in total. The first-order valence-electron chi connectivity index (χ1n) is 6.16. The van der Waals surface area contributed by atoms with Crippen molar-refractivity contribution in [3.8, 4) is 0 Å². The molecular formula is C14H19N3. The lowest BCUT2D eigenvalue weighted by molar-refractivity contribution is 0.439. The third-order valence-corrected chi connectivity index (χ3v) is 2.77. The van der Waals surface area contributed by atoms with Crippen LogP contribution in [0.3, 0.4) is 0 Å². The minimum Gasteiger partial charge on any atom is -0.308 e. The van der Waals surface area contributed by atoms with Crippen molar-refractivity contribution in [1.29, 1.82) is 0 Å². The molecular weight excluding hydrogens is 210 g/mol. The highest BCUT2D eigenvalue weighted by molar-refractivity contribution is 5.18. The molecule has 0 aliphatic heterocycles. The van der Waals surface area contributed by atoms with Crippen LogP contribution in [0.5, 0.6) is 0 Å². The van der Waals surface area contributed by atoms with Gasteiger partial charge in [-0.05, 0) is 24.6 Å². The molecule has 1 atom stereocenters. The van der Waals surface area contributed by atoms with Gasteiger partial charge in [0.05, 0.1) is 12.6 Å². The summed E-state index contributed by atoms with van der Waals surface area (Å²) in [6, 6.07) is 12.8. The summed E-state index contributed by atoms with van der Waals surface area (Å²) in [7, 11) is 0. The van der Waals surface area contributed by atoms with Gasteiger partial charge >= 0.3 is 0 Å². The zero-order chi connectivity index (χ0) is 11.9. The molecule has 0 unspecified atom stereocenters. The van der Waals surface area contributed by atoms with Crippen molar-refractivity contribution in [2.24, 2.45) is 0 Å². The Morgan fingerprint density at radius 3 is 2.71 bits per heavy atom. The number of nitrogens with zero attached hydrogens (tertiary/aromatic N) is 2. The maximum absolute atomic E-state index is 4.27. The van der Waals surface area contributed by atoms with E-state index in [1.54, 1.807) is 0 Å². The Balaban J connectivity index is 2.08. The van der Waals surface area contributed by atoms with Crippen LogP contribution in [0, 0.1) is 0 Å². The first-order valence-corrected chi connectivity index (χ1v) is 6.16. The van der Waals surface area contributed by atoms with Gasteiger partial charge in [-0.15, -0.1) is 0 Å². The lowest BCUT2D eigenvalue weighted by Gasteiger charge is -2.19. The summed E-state index contributed by atoms with van der Waals surface area (Å²) < 4.78 is 1.97. The summed E-state index contributed by atoms with van der Waals surface area (Å²) in [5, 5.41) is 7.83. The first-order chi connectivity index (χ1) is 8.40. The molecule has 0 fully saturated rings. The van der Waals surface area contributed by atoms with Crippen molar-refractivity contribution < 1.29 is 0 Å². The number of nitrogens with one attached hydrogen (secondary N) is 1. The molecule has 0 spiro atoms. The molecule has 0 bridgehead atoms. The third kappa shape index (κ3) is 3.43. The minimum atomic E-state index is 0.330. The Bertz CT molecular complexity index is 408. The SMILES string of the molecule is CCCN[C@H](Cn1cccn1)c1ccccc1. The lowest BCUT2D eigenvalue weighted by Crippen LogP contribution is -2.26. The summed E-state index contributed by atoms with van der Waals surface area (Å²) in [6.45, 7) is 4.08. The largest absolute Gasteiger partial charge is 0.308 e. The molecule has 0 saturated heterocycles. The second kappa shape index (κ2) is 6.21. The predicted molar refractivity (Wildman–Crippen MR) is 69.7 cm³/mol. The molecule has 1 aromatic heterocycles. The average Bonchev–Trinajstić information content (AvgIpc) is 2.88. The molecule has 1 aromatic carbocycles. The lowest BCUT2D eigenvalue weighted by atomic mass is 10.1. The van der Waals surface area contributed by atoms with E-state index in [0.29, 0.717) is 6.04 Å². The van der Waals surface area contributed by atoms with Crippen molar-refractivity contribution >= 4 is 0 Å². The predicted octanol–water partition coefficient (Wildman–Crippen LogP) is 2.62. The number of benzene rings is 1. The van der Waals surface area contributed by atoms with Gasteiger partial charge in [-0.2, -0.15) is 5.10 Å². The summed E-state index contributed by atoms with van der Waals surface area (Å²) in [5.74, 6) is 0. The van der Waals surface area contributed by atoms with E-state index in [9.17, 15) is 0 Å². The van der Waals surface area contributed by atoms with E-state index in [1.807, 2.05) is 29.2 Å². The van der Waals surface area contributed by atoms with E-state index in [1.165, 1.54) is 5.56 Å². The molecule has 0 saturated carbocycles. The van der Waals surface area contributed by atoms with Crippen LogP contribution in [0.1, 0.15) is 24.9 Å². The van der Waals surface area contributed by atoms with E-state index < -0.39 is 0 Å². The molecule has 3 heteroatoms. The van der Waals surface area contributed by atoms with Crippen molar-refractivity contribution in [2.75, 3.05) is 6.54 Å². The summed E-state index contributed by atoms with van der Waals surface area (Å²) in [4.78, 5) is 0. The second-order valence-corrected chi connectivity index (χ2v) is 4.15. The van der Waals surface area contributed by atoms with Gasteiger partial charge in [-0.1, -0.05) is 37.3 Å². The Morgan fingerprint density at radius 1 is 1.24 bits per heavy atom. The number of hydrogen-bond donors (Lipinski definition) is 1. The van der Waals surface area contributed by atoms with Crippen LogP contribution in [0.2, 0.25) is 0 Å². The van der Waals surface area contributed by atoms with E-state index in [2.05, 4.69) is 41.6 Å². The van der Waals surface area contributed by atoms with Gasteiger partial charge < -0.3 is 5.32 Å². The molecule has 0 aliphatic carbocycles. The summed E-state index contributed by atoms with van der Waals surface area (Å²) in [6.07, 6.45) is 4.97. The summed E-state index contributed by atoms with van der Waals surface area (Å²) in [5.41, 5.74) is 1.32. The Kier molecular flexibility index (Phi) is 4.33. The van der Waals surface area contributed by atoms with Crippen LogP contribution in [0.25, 0.3) is 0 Å². The quantitative estimate of drug-likeness (QED) is 0.825. The third-order valence-electron chi connectivity index (χ3n) is 2.77. The molecule has 17 heavy (non-hydrogen) atoms. The van der Waals surface area contributed by atoms with E-state index >= 15 is 0 Å². The topological polar surface area (TPSA) is 29.9 Å². The fraction of sp³-hybridized carbons (Fsp3) is 0.357. The van der Waals surface area contributed by atoms with Crippen LogP contribution < -0.4 is 5.32 Å². The van der Waals surface area contributed by atoms with Gasteiger partial charge in [0.25, 0.3) is 0 Å². The van der Waals surface area contributed by atoms with Gasteiger partial charge in [0, 0.05) is 12.4 Å². The van der Waals surface area contributed by atoms with Crippen molar-refractivity contribution in [3.63, 3.8) is 0 Å². The average molecular weight is 229 g/mol. The highest BCUT2D eigenvalue weighted by Crippen LogP contribution is 2.14. The van der Waals surface area contributed by atoms with Gasteiger partial charge in [0.15, 0.2) is 0 Å². The van der Waals surface area contributed by atoms with Crippen molar-refractivity contribution in [2.45, 2.75) is 25.9 Å². The monoisotopic (exact) mass is 229 g/mol. The smallest absolute Gasteiger partial charge is 0.0604 e. The van der Waals surface area contributed by atoms with E-state index in [4.69, 9.17) is 0 Å². The molecule has 90 valence electrons. The van der Waals surface area contributed by atoms with Crippen LogP contribution in [0.4, 0.5) is 0 Å². The second-order valence-electron chi connectivity index (χ2n) is 4.15. The van der Waals surface area contributed by atoms with Crippen molar-refractivity contribution in [3.05, 3.63) is 54.4 Å². The number of rotatable bonds is 6. The molecule has 2 rings (SSSR count). The van der Waals surface area contributed by atoms with Gasteiger partial charge in [-0.25, -0.2) is 0 Å². The normalized spacial score (nSPS) is 12.5. The molecule has 0 aliphatic rings. The standard InChI is InChI=1S/C14H19N3/c1-2-9-15-14(12-17-11-6-10-16-17)13-7-4-3-5-8-13/h3-8,10-11,14-15H,2,9,12H2,1H3/t14-/m1/s1. The first kappa shape index (κ1) is 11.9. The zero-order valence-corrected chi connectivity index (χ0v) is 10.2. The van der Waals surface area contributed by atoms with Crippen LogP contribution in [0.15, 0.2) is 48.8 Å². The number of aromatic nitrogens is 2. The Hall–Kier alpha value is -1.61. The van der Waals surface area contributed by atoms with Crippen LogP contribution >= 0.6 is 0 Å². The Labute approximate surface area is 102 Å². The highest BCUT2D eigenvalue weighted by atomic mass is 15.3. The summed E-state index contributed by atoms with van der Waals surface area (Å²) >= 11 is 0. The van der Waals surface area contributed by atoms with E-state index in [-0.39, 0.29) is 0 Å². The number of hydrogen-bond acceptors (Lipinski definition) is 2. The highest BCUT2D eigenvalue weighted by Gasteiger charge is 2.10. The fourth-order valence-corrected chi connectivity index (χ4v) is 1.89. The van der Waals surface area contributed by atoms with Gasteiger partial charge in [-0.3, -0.25) is 4.68 Å². The minimum absolute atomic E-state index is 0.330. The molecule has 2 aromatic rings. The van der Waals surface area contributed by atoms with Gasteiger partial charge in [0.1, 0.15) is 0 Å². The fourth-order valence-electron chi connectivity index (χ4n) is 1.89. The van der Waals surface area contributed by atoms with Crippen LogP contribution in [-0.2, 0) is 6.54 Å². The zero-order valence-electron chi connectivity index (χ0n) is 10.2. The van der Waals surface area contributed by atoms with Gasteiger partial charge in [0.2, 0.25) is 0 Å². The molecule has 3 nitrogen and oxygen atoms in total. The maximum atomic E-state index is 4.27.